The highest BCUT2D eigenvalue weighted by molar-refractivity contribution is 6.74. The Morgan fingerprint density at radius 1 is 0.604 bits per heavy atom. The van der Waals surface area contributed by atoms with Gasteiger partial charge in [0, 0.05) is 26.2 Å². The Hall–Kier alpha value is -0.416. The normalized spacial score (nSPS) is 14.8. The second-order valence-electron chi connectivity index (χ2n) is 18.7. The molecule has 6 nitrogen and oxygen atoms in total. The number of carbonyl (C=O) groups excluding carboxylic acids is 1. The van der Waals surface area contributed by atoms with E-state index in [1.807, 2.05) is 20.8 Å². The average Bonchev–Trinajstić information content (AvgIpc) is 2.92. The molecule has 0 aliphatic carbocycles. The second kappa shape index (κ2) is 23.2. The molecule has 0 radical (unpaired) electrons. The van der Waals surface area contributed by atoms with Gasteiger partial charge in [-0.25, -0.2) is 4.79 Å². The summed E-state index contributed by atoms with van der Waals surface area (Å²) < 4.78 is 19.9. The largest absolute Gasteiger partial charge is 0.444 e. The molecule has 0 saturated heterocycles. The Kier molecular flexibility index (Phi) is 23.0. The quantitative estimate of drug-likeness (QED) is 0.0714. The molecule has 0 heterocycles. The fraction of sp³-hybridized carbons (Fsp3) is 0.975. The summed E-state index contributed by atoms with van der Waals surface area (Å²) in [5.41, 5.74) is -0.494. The van der Waals surface area contributed by atoms with Crippen LogP contribution in [0.1, 0.15) is 172 Å². The molecule has 0 aromatic carbocycles. The van der Waals surface area contributed by atoms with E-state index in [9.17, 15) is 4.79 Å². The van der Waals surface area contributed by atoms with Gasteiger partial charge in [-0.3, -0.25) is 4.90 Å². The van der Waals surface area contributed by atoms with Gasteiger partial charge in [-0.05, 0) is 76.3 Å². The third-order valence-electron chi connectivity index (χ3n) is 10.5. The molecule has 0 fully saturated rings. The van der Waals surface area contributed by atoms with Crippen molar-refractivity contribution in [2.24, 2.45) is 0 Å². The van der Waals surface area contributed by atoms with Crippen LogP contribution in [0, 0.1) is 0 Å². The lowest BCUT2D eigenvalue weighted by atomic mass is 10.1. The van der Waals surface area contributed by atoms with Crippen molar-refractivity contribution < 1.29 is 18.4 Å². The van der Waals surface area contributed by atoms with E-state index in [2.05, 4.69) is 91.8 Å². The maximum atomic E-state index is 12.4. The molecule has 0 spiro atoms. The number of nitrogens with zero attached hydrogens (tertiary/aromatic N) is 1. The first-order valence-electron chi connectivity index (χ1n) is 20.1. The predicted octanol–water partition coefficient (Wildman–Crippen LogP) is 12.5. The topological polar surface area (TPSA) is 60.0 Å². The number of unbranched alkanes of at least 4 members (excludes halogenated alkanes) is 10. The average molecular weight is 715 g/mol. The molecule has 0 bridgehead atoms. The van der Waals surface area contributed by atoms with Crippen LogP contribution in [0.2, 0.25) is 36.3 Å². The van der Waals surface area contributed by atoms with Crippen LogP contribution in [-0.2, 0) is 13.6 Å². The summed E-state index contributed by atoms with van der Waals surface area (Å²) in [6.45, 7) is 37.4. The van der Waals surface area contributed by atoms with Crippen molar-refractivity contribution in [2.75, 3.05) is 26.2 Å². The van der Waals surface area contributed by atoms with E-state index in [1.54, 1.807) is 0 Å². The minimum absolute atomic E-state index is 0.167. The molecule has 0 aromatic heterocycles. The van der Waals surface area contributed by atoms with Crippen LogP contribution in [0.5, 0.6) is 0 Å². The van der Waals surface area contributed by atoms with Crippen LogP contribution >= 0.6 is 0 Å². The van der Waals surface area contributed by atoms with Crippen molar-refractivity contribution in [1.82, 2.24) is 10.2 Å². The first kappa shape index (κ1) is 47.6. The van der Waals surface area contributed by atoms with Crippen LogP contribution in [-0.4, -0.2) is 71.6 Å². The molecule has 0 aliphatic heterocycles. The van der Waals surface area contributed by atoms with Crippen LogP contribution in [0.25, 0.3) is 0 Å². The number of hydrogen-bond donors (Lipinski definition) is 1. The highest BCUT2D eigenvalue weighted by atomic mass is 28.4. The van der Waals surface area contributed by atoms with E-state index in [1.165, 1.54) is 77.0 Å². The SMILES string of the molecule is CCCCCCCCC(CN(CCCNC(=O)OC(C)(C)C)CC(CCCCCCCC)O[Si](C)(C)C(C)(C)C)O[Si](C)(C)C(C)(C)C. The molecule has 2 unspecified atom stereocenters. The molecule has 0 saturated carbocycles. The maximum absolute atomic E-state index is 12.4. The van der Waals surface area contributed by atoms with Crippen molar-refractivity contribution in [2.45, 2.75) is 227 Å². The van der Waals surface area contributed by atoms with E-state index in [4.69, 9.17) is 13.6 Å². The molecular formula is C40H86N2O4Si2. The lowest BCUT2D eigenvalue weighted by Gasteiger charge is -2.42. The molecule has 1 amide bonds. The lowest BCUT2D eigenvalue weighted by Crippen LogP contribution is -2.50. The van der Waals surface area contributed by atoms with Gasteiger partial charge in [-0.1, -0.05) is 132 Å². The molecule has 288 valence electrons. The van der Waals surface area contributed by atoms with Gasteiger partial charge in [0.2, 0.25) is 0 Å². The van der Waals surface area contributed by atoms with E-state index >= 15 is 0 Å². The lowest BCUT2D eigenvalue weighted by molar-refractivity contribution is 0.0512. The molecule has 8 heteroatoms. The predicted molar refractivity (Wildman–Crippen MR) is 215 cm³/mol. The van der Waals surface area contributed by atoms with Crippen molar-refractivity contribution >= 4 is 22.7 Å². The molecule has 0 aliphatic rings. The van der Waals surface area contributed by atoms with Gasteiger partial charge < -0.3 is 18.9 Å². The van der Waals surface area contributed by atoms with Crippen LogP contribution in [0.15, 0.2) is 0 Å². The van der Waals surface area contributed by atoms with E-state index < -0.39 is 22.2 Å². The third-order valence-corrected chi connectivity index (χ3v) is 19.6. The van der Waals surface area contributed by atoms with Gasteiger partial charge in [-0.15, -0.1) is 0 Å². The Morgan fingerprint density at radius 3 is 1.33 bits per heavy atom. The number of hydrogen-bond acceptors (Lipinski definition) is 5. The molecule has 2 atom stereocenters. The Bertz CT molecular complexity index is 781. The van der Waals surface area contributed by atoms with Crippen LogP contribution in [0.3, 0.4) is 0 Å². The highest BCUT2D eigenvalue weighted by Crippen LogP contribution is 2.39. The smallest absolute Gasteiger partial charge is 0.407 e. The summed E-state index contributed by atoms with van der Waals surface area (Å²) in [7, 11) is -3.91. The summed E-state index contributed by atoms with van der Waals surface area (Å²) in [5.74, 6) is 0. The number of rotatable bonds is 26. The first-order chi connectivity index (χ1) is 22.0. The van der Waals surface area contributed by atoms with Gasteiger partial charge in [-0.2, -0.15) is 0 Å². The number of carbonyl (C=O) groups is 1. The number of nitrogens with one attached hydrogen (secondary N) is 1. The third kappa shape index (κ3) is 22.4. The Balaban J connectivity index is 6.07. The standard InChI is InChI=1S/C40H86N2O4Si2/c1-16-18-20-22-24-26-29-35(45-47(12,13)39(6,7)8)33-42(32-28-31-41-37(43)44-38(3,4)5)34-36(30-27-25-23-21-19-17-2)46-48(14,15)40(9,10)11/h35-36H,16-34H2,1-15H3,(H,41,43). The van der Waals surface area contributed by atoms with E-state index in [-0.39, 0.29) is 28.4 Å². The van der Waals surface area contributed by atoms with Gasteiger partial charge in [0.15, 0.2) is 16.6 Å². The molecule has 0 aromatic rings. The summed E-state index contributed by atoms with van der Waals surface area (Å²) in [4.78, 5) is 15.0. The zero-order valence-corrected chi connectivity index (χ0v) is 37.2. The summed E-state index contributed by atoms with van der Waals surface area (Å²) in [6, 6.07) is 0. The van der Waals surface area contributed by atoms with E-state index in [0.717, 1.165) is 38.9 Å². The summed E-state index contributed by atoms with van der Waals surface area (Å²) in [5, 5.41) is 3.33. The Morgan fingerprint density at radius 2 is 0.979 bits per heavy atom. The van der Waals surface area contributed by atoms with Gasteiger partial charge >= 0.3 is 6.09 Å². The van der Waals surface area contributed by atoms with Gasteiger partial charge in [0.25, 0.3) is 0 Å². The Labute approximate surface area is 303 Å². The van der Waals surface area contributed by atoms with Crippen molar-refractivity contribution in [3.05, 3.63) is 0 Å². The monoisotopic (exact) mass is 715 g/mol. The van der Waals surface area contributed by atoms with Gasteiger partial charge in [0.05, 0.1) is 12.2 Å². The summed E-state index contributed by atoms with van der Waals surface area (Å²) >= 11 is 0. The zero-order chi connectivity index (χ0) is 37.1. The zero-order valence-electron chi connectivity index (χ0n) is 35.2. The van der Waals surface area contributed by atoms with Crippen molar-refractivity contribution in [1.29, 1.82) is 0 Å². The van der Waals surface area contributed by atoms with Gasteiger partial charge in [0.1, 0.15) is 5.60 Å². The van der Waals surface area contributed by atoms with Crippen LogP contribution in [0.4, 0.5) is 4.79 Å². The minimum atomic E-state index is -1.96. The molecule has 48 heavy (non-hydrogen) atoms. The number of ether oxygens (including phenoxy) is 1. The highest BCUT2D eigenvalue weighted by Gasteiger charge is 2.41. The maximum Gasteiger partial charge on any atom is 0.407 e. The molecule has 1 N–H and O–H groups in total. The van der Waals surface area contributed by atoms with Crippen molar-refractivity contribution in [3.63, 3.8) is 0 Å². The van der Waals surface area contributed by atoms with E-state index in [0.29, 0.717) is 6.54 Å². The first-order valence-corrected chi connectivity index (χ1v) is 25.9. The molecule has 0 rings (SSSR count). The van der Waals surface area contributed by atoms with Crippen molar-refractivity contribution in [3.8, 4) is 0 Å². The number of amides is 1. The minimum Gasteiger partial charge on any atom is -0.444 e. The van der Waals surface area contributed by atoms with Crippen LogP contribution < -0.4 is 5.32 Å². The second-order valence-corrected chi connectivity index (χ2v) is 28.2. The fourth-order valence-corrected chi connectivity index (χ4v) is 8.27. The summed E-state index contributed by atoms with van der Waals surface area (Å²) in [6.07, 6.45) is 18.7. The molecular weight excluding hydrogens is 629 g/mol. The fourth-order valence-electron chi connectivity index (χ4n) is 5.51. The number of alkyl carbamates (subject to hydrolysis) is 1.